The fourth-order valence-corrected chi connectivity index (χ4v) is 2.44. The number of hydrogen-bond acceptors (Lipinski definition) is 3. The number of hydrogen-bond donors (Lipinski definition) is 1. The highest BCUT2D eigenvalue weighted by atomic mass is 127. The normalized spacial score (nSPS) is 15.2. The summed E-state index contributed by atoms with van der Waals surface area (Å²) in [5.74, 6) is 0.959. The van der Waals surface area contributed by atoms with Crippen LogP contribution in [0.3, 0.4) is 0 Å². The number of likely N-dealkylation sites (tertiary alicyclic amines) is 1. The molecule has 0 aromatic heterocycles. The Labute approximate surface area is 156 Å². The Morgan fingerprint density at radius 1 is 1.09 bits per heavy atom. The number of rotatable bonds is 7. The van der Waals surface area contributed by atoms with Crippen LogP contribution in [0.2, 0.25) is 0 Å². The SMILES string of the molecule is COCCOCCN=C(Nc1ccccc1)N1CCCCC1.I. The van der Waals surface area contributed by atoms with Crippen LogP contribution >= 0.6 is 24.0 Å². The zero-order valence-corrected chi connectivity index (χ0v) is 16.2. The smallest absolute Gasteiger partial charge is 0.198 e. The Morgan fingerprint density at radius 3 is 2.52 bits per heavy atom. The van der Waals surface area contributed by atoms with Crippen molar-refractivity contribution in [1.82, 2.24) is 4.90 Å². The van der Waals surface area contributed by atoms with E-state index in [1.807, 2.05) is 18.2 Å². The van der Waals surface area contributed by atoms with Crippen molar-refractivity contribution in [3.8, 4) is 0 Å². The molecule has 1 heterocycles. The third-order valence-electron chi connectivity index (χ3n) is 3.61. The van der Waals surface area contributed by atoms with Gasteiger partial charge in [0.25, 0.3) is 0 Å². The first-order valence-electron chi connectivity index (χ1n) is 8.08. The van der Waals surface area contributed by atoms with Gasteiger partial charge in [-0.2, -0.15) is 0 Å². The summed E-state index contributed by atoms with van der Waals surface area (Å²) in [7, 11) is 1.68. The van der Waals surface area contributed by atoms with Crippen molar-refractivity contribution in [3.63, 3.8) is 0 Å². The van der Waals surface area contributed by atoms with E-state index in [1.54, 1.807) is 7.11 Å². The topological polar surface area (TPSA) is 46.1 Å². The van der Waals surface area contributed by atoms with E-state index in [0.29, 0.717) is 26.4 Å². The van der Waals surface area contributed by atoms with Crippen LogP contribution in [0.1, 0.15) is 19.3 Å². The zero-order chi connectivity index (χ0) is 15.5. The Morgan fingerprint density at radius 2 is 1.83 bits per heavy atom. The molecule has 1 aliphatic rings. The minimum absolute atomic E-state index is 0. The summed E-state index contributed by atoms with van der Waals surface area (Å²) < 4.78 is 10.4. The molecule has 0 radical (unpaired) electrons. The lowest BCUT2D eigenvalue weighted by Crippen LogP contribution is -2.40. The minimum atomic E-state index is 0. The maximum Gasteiger partial charge on any atom is 0.198 e. The van der Waals surface area contributed by atoms with Gasteiger partial charge in [0.05, 0.1) is 26.4 Å². The lowest BCUT2D eigenvalue weighted by Gasteiger charge is -2.30. The summed E-state index contributed by atoms with van der Waals surface area (Å²) in [5.41, 5.74) is 1.08. The molecule has 0 bridgehead atoms. The number of nitrogens with one attached hydrogen (secondary N) is 1. The molecule has 0 spiro atoms. The molecule has 1 aliphatic heterocycles. The summed E-state index contributed by atoms with van der Waals surface area (Å²) in [6, 6.07) is 10.2. The van der Waals surface area contributed by atoms with Crippen LogP contribution < -0.4 is 5.32 Å². The fraction of sp³-hybridized carbons (Fsp3) is 0.588. The van der Waals surface area contributed by atoms with Crippen LogP contribution in [0, 0.1) is 0 Å². The third kappa shape index (κ3) is 7.99. The van der Waals surface area contributed by atoms with Crippen molar-refractivity contribution in [3.05, 3.63) is 30.3 Å². The monoisotopic (exact) mass is 433 g/mol. The highest BCUT2D eigenvalue weighted by Gasteiger charge is 2.14. The van der Waals surface area contributed by atoms with E-state index in [1.165, 1.54) is 19.3 Å². The van der Waals surface area contributed by atoms with Gasteiger partial charge in [-0.1, -0.05) is 18.2 Å². The van der Waals surface area contributed by atoms with Gasteiger partial charge < -0.3 is 19.7 Å². The summed E-state index contributed by atoms with van der Waals surface area (Å²) >= 11 is 0. The van der Waals surface area contributed by atoms with Gasteiger partial charge in [-0.15, -0.1) is 24.0 Å². The summed E-state index contributed by atoms with van der Waals surface area (Å²) in [6.45, 7) is 4.68. The second-order valence-electron chi connectivity index (χ2n) is 5.35. The average Bonchev–Trinajstić information content (AvgIpc) is 2.58. The molecule has 1 aromatic rings. The lowest BCUT2D eigenvalue weighted by atomic mass is 10.1. The first-order valence-corrected chi connectivity index (χ1v) is 8.08. The van der Waals surface area contributed by atoms with Gasteiger partial charge >= 0.3 is 0 Å². The molecular weight excluding hydrogens is 405 g/mol. The molecule has 0 saturated carbocycles. The van der Waals surface area contributed by atoms with Gasteiger partial charge in [0.2, 0.25) is 0 Å². The van der Waals surface area contributed by atoms with Gasteiger partial charge in [-0.3, -0.25) is 4.99 Å². The Kier molecular flexibility index (Phi) is 11.0. The van der Waals surface area contributed by atoms with Crippen LogP contribution in [-0.4, -0.2) is 57.4 Å². The number of aliphatic imine (C=N–C) groups is 1. The molecule has 0 unspecified atom stereocenters. The van der Waals surface area contributed by atoms with Gasteiger partial charge in [0.15, 0.2) is 5.96 Å². The van der Waals surface area contributed by atoms with Crippen LogP contribution in [0.5, 0.6) is 0 Å². The van der Waals surface area contributed by atoms with Crippen LogP contribution in [0.15, 0.2) is 35.3 Å². The second-order valence-corrected chi connectivity index (χ2v) is 5.35. The predicted octanol–water partition coefficient (Wildman–Crippen LogP) is 3.22. The van der Waals surface area contributed by atoms with Crippen molar-refractivity contribution < 1.29 is 9.47 Å². The average molecular weight is 433 g/mol. The Bertz CT molecular complexity index is 437. The maximum absolute atomic E-state index is 5.48. The van der Waals surface area contributed by atoms with E-state index in [4.69, 9.17) is 14.5 Å². The fourth-order valence-electron chi connectivity index (χ4n) is 2.44. The Balaban J connectivity index is 0.00000264. The first-order chi connectivity index (χ1) is 10.9. The molecule has 130 valence electrons. The molecular formula is C17H28IN3O2. The van der Waals surface area contributed by atoms with E-state index in [9.17, 15) is 0 Å². The van der Waals surface area contributed by atoms with Crippen molar-refractivity contribution in [2.45, 2.75) is 19.3 Å². The maximum atomic E-state index is 5.48. The molecule has 1 saturated heterocycles. The van der Waals surface area contributed by atoms with Gasteiger partial charge in [-0.05, 0) is 31.4 Å². The third-order valence-corrected chi connectivity index (χ3v) is 3.61. The largest absolute Gasteiger partial charge is 0.382 e. The quantitative estimate of drug-likeness (QED) is 0.311. The van der Waals surface area contributed by atoms with E-state index in [0.717, 1.165) is 24.7 Å². The number of halogens is 1. The zero-order valence-electron chi connectivity index (χ0n) is 13.9. The molecule has 0 aliphatic carbocycles. The van der Waals surface area contributed by atoms with Crippen molar-refractivity contribution in [1.29, 1.82) is 0 Å². The number of anilines is 1. The molecule has 2 rings (SSSR count). The number of ether oxygens (including phenoxy) is 2. The van der Waals surface area contributed by atoms with Crippen molar-refractivity contribution >= 4 is 35.6 Å². The van der Waals surface area contributed by atoms with Crippen LogP contribution in [0.25, 0.3) is 0 Å². The predicted molar refractivity (Wildman–Crippen MR) is 106 cm³/mol. The van der Waals surface area contributed by atoms with Gasteiger partial charge in [0.1, 0.15) is 0 Å². The molecule has 1 aromatic carbocycles. The molecule has 0 amide bonds. The summed E-state index contributed by atoms with van der Waals surface area (Å²) in [4.78, 5) is 7.04. The van der Waals surface area contributed by atoms with E-state index in [-0.39, 0.29) is 24.0 Å². The van der Waals surface area contributed by atoms with E-state index < -0.39 is 0 Å². The number of piperidine rings is 1. The molecule has 6 heteroatoms. The lowest BCUT2D eigenvalue weighted by molar-refractivity contribution is 0.0747. The van der Waals surface area contributed by atoms with Crippen LogP contribution in [-0.2, 0) is 9.47 Å². The van der Waals surface area contributed by atoms with E-state index >= 15 is 0 Å². The standard InChI is InChI=1S/C17H27N3O2.HI/c1-21-14-15-22-13-10-18-17(20-11-6-3-7-12-20)19-16-8-4-2-5-9-16;/h2,4-5,8-9H,3,6-7,10-15H2,1H3,(H,18,19);1H. The number of guanidine groups is 1. The van der Waals surface area contributed by atoms with Crippen molar-refractivity contribution in [2.24, 2.45) is 4.99 Å². The highest BCUT2D eigenvalue weighted by molar-refractivity contribution is 14.0. The number of para-hydroxylation sites is 1. The summed E-state index contributed by atoms with van der Waals surface area (Å²) in [6.07, 6.45) is 3.79. The van der Waals surface area contributed by atoms with Crippen LogP contribution in [0.4, 0.5) is 5.69 Å². The number of methoxy groups -OCH3 is 1. The molecule has 1 N–H and O–H groups in total. The highest BCUT2D eigenvalue weighted by Crippen LogP contribution is 2.12. The van der Waals surface area contributed by atoms with Crippen molar-refractivity contribution in [2.75, 3.05) is 51.9 Å². The van der Waals surface area contributed by atoms with Gasteiger partial charge in [0, 0.05) is 25.9 Å². The van der Waals surface area contributed by atoms with E-state index in [2.05, 4.69) is 22.3 Å². The Hall–Kier alpha value is -0.860. The second kappa shape index (κ2) is 12.5. The first kappa shape index (κ1) is 20.2. The molecule has 1 fully saturated rings. The number of benzene rings is 1. The molecule has 5 nitrogen and oxygen atoms in total. The molecule has 0 atom stereocenters. The minimum Gasteiger partial charge on any atom is -0.382 e. The molecule has 23 heavy (non-hydrogen) atoms. The summed E-state index contributed by atoms with van der Waals surface area (Å²) in [5, 5.41) is 3.45. The number of nitrogens with zero attached hydrogens (tertiary/aromatic N) is 2. The van der Waals surface area contributed by atoms with Gasteiger partial charge in [-0.25, -0.2) is 0 Å².